The van der Waals surface area contributed by atoms with Gasteiger partial charge in [-0.15, -0.1) is 0 Å². The highest BCUT2D eigenvalue weighted by atomic mass is 32.2. The Balaban J connectivity index is 2.43. The molecule has 0 bridgehead atoms. The molecule has 0 N–H and O–H groups in total. The Hall–Kier alpha value is -0.960. The van der Waals surface area contributed by atoms with Crippen molar-refractivity contribution in [3.63, 3.8) is 0 Å². The van der Waals surface area contributed by atoms with E-state index in [0.717, 1.165) is 29.7 Å². The SMILES string of the molecule is CCCCCC(=O)CS(=O)c1ccc(C)cc1. The zero-order valence-electron chi connectivity index (χ0n) is 10.6. The van der Waals surface area contributed by atoms with E-state index in [2.05, 4.69) is 6.92 Å². The van der Waals surface area contributed by atoms with Crippen molar-refractivity contribution >= 4 is 16.6 Å². The fraction of sp³-hybridized carbons (Fsp3) is 0.500. The van der Waals surface area contributed by atoms with E-state index in [1.165, 1.54) is 0 Å². The summed E-state index contributed by atoms with van der Waals surface area (Å²) in [5, 5.41) is 0. The molecule has 94 valence electrons. The van der Waals surface area contributed by atoms with Crippen LogP contribution < -0.4 is 0 Å². The van der Waals surface area contributed by atoms with Crippen molar-refractivity contribution in [2.24, 2.45) is 0 Å². The van der Waals surface area contributed by atoms with Crippen LogP contribution in [0.3, 0.4) is 0 Å². The van der Waals surface area contributed by atoms with E-state index in [0.29, 0.717) is 6.42 Å². The molecule has 1 rings (SSSR count). The summed E-state index contributed by atoms with van der Waals surface area (Å²) in [5.41, 5.74) is 1.14. The van der Waals surface area contributed by atoms with Crippen molar-refractivity contribution in [3.05, 3.63) is 29.8 Å². The summed E-state index contributed by atoms with van der Waals surface area (Å²) in [7, 11) is -1.18. The van der Waals surface area contributed by atoms with Crippen LogP contribution in [0.25, 0.3) is 0 Å². The minimum atomic E-state index is -1.18. The molecule has 3 heteroatoms. The molecule has 2 nitrogen and oxygen atoms in total. The maximum absolute atomic E-state index is 11.9. The van der Waals surface area contributed by atoms with E-state index in [9.17, 15) is 9.00 Å². The van der Waals surface area contributed by atoms with Gasteiger partial charge >= 0.3 is 0 Å². The van der Waals surface area contributed by atoms with E-state index in [-0.39, 0.29) is 11.5 Å². The van der Waals surface area contributed by atoms with Crippen LogP contribution in [0.15, 0.2) is 29.2 Å². The Labute approximate surface area is 106 Å². The van der Waals surface area contributed by atoms with Gasteiger partial charge in [-0.3, -0.25) is 9.00 Å². The van der Waals surface area contributed by atoms with Gasteiger partial charge in [-0.2, -0.15) is 0 Å². The second kappa shape index (κ2) is 7.38. The van der Waals surface area contributed by atoms with Gasteiger partial charge in [0, 0.05) is 11.3 Å². The van der Waals surface area contributed by atoms with Gasteiger partial charge in [0.2, 0.25) is 0 Å². The molecule has 0 radical (unpaired) electrons. The van der Waals surface area contributed by atoms with Gasteiger partial charge in [0.25, 0.3) is 0 Å². The van der Waals surface area contributed by atoms with E-state index in [1.54, 1.807) is 0 Å². The molecule has 0 saturated heterocycles. The third-order valence-electron chi connectivity index (χ3n) is 2.64. The number of hydrogen-bond acceptors (Lipinski definition) is 2. The maximum atomic E-state index is 11.9. The number of ketones is 1. The lowest BCUT2D eigenvalue weighted by atomic mass is 10.2. The van der Waals surface area contributed by atoms with Crippen molar-refractivity contribution in [2.45, 2.75) is 44.4 Å². The second-order valence-electron chi connectivity index (χ2n) is 4.30. The van der Waals surface area contributed by atoms with E-state index < -0.39 is 10.8 Å². The Morgan fingerprint density at radius 3 is 2.41 bits per heavy atom. The molecule has 1 unspecified atom stereocenters. The molecule has 1 aromatic carbocycles. The molecule has 0 aromatic heterocycles. The lowest BCUT2D eigenvalue weighted by molar-refractivity contribution is -0.116. The molecule has 0 amide bonds. The standard InChI is InChI=1S/C14H20O2S/c1-3-4-5-6-13(15)11-17(16)14-9-7-12(2)8-10-14/h7-10H,3-6,11H2,1-2H3. The summed E-state index contributed by atoms with van der Waals surface area (Å²) in [4.78, 5) is 12.3. The fourth-order valence-corrected chi connectivity index (χ4v) is 2.61. The van der Waals surface area contributed by atoms with Gasteiger partial charge in [0.05, 0.1) is 16.6 Å². The molecule has 0 aliphatic heterocycles. The van der Waals surface area contributed by atoms with Crippen LogP contribution in [0.1, 0.15) is 38.2 Å². The third kappa shape index (κ3) is 5.26. The normalized spacial score (nSPS) is 12.4. The molecular formula is C14H20O2S. The van der Waals surface area contributed by atoms with Gasteiger partial charge in [-0.05, 0) is 25.5 Å². The fourth-order valence-electron chi connectivity index (χ4n) is 1.56. The van der Waals surface area contributed by atoms with Crippen LogP contribution in [0.4, 0.5) is 0 Å². The molecule has 0 aliphatic rings. The number of unbranched alkanes of at least 4 members (excludes halogenated alkanes) is 2. The number of Topliss-reactive ketones (excluding diaryl/α,β-unsaturated/α-hetero) is 1. The second-order valence-corrected chi connectivity index (χ2v) is 5.75. The summed E-state index contributed by atoms with van der Waals surface area (Å²) in [5.74, 6) is 0.268. The Morgan fingerprint density at radius 1 is 1.18 bits per heavy atom. The van der Waals surface area contributed by atoms with E-state index in [4.69, 9.17) is 0 Å². The lowest BCUT2D eigenvalue weighted by Gasteiger charge is -2.02. The number of carbonyl (C=O) groups is 1. The summed E-state index contributed by atoms with van der Waals surface area (Å²) in [6, 6.07) is 7.53. The Morgan fingerprint density at radius 2 is 1.82 bits per heavy atom. The molecule has 1 aromatic rings. The van der Waals surface area contributed by atoms with Gasteiger partial charge in [-0.1, -0.05) is 37.5 Å². The predicted molar refractivity (Wildman–Crippen MR) is 71.6 cm³/mol. The van der Waals surface area contributed by atoms with Crippen LogP contribution in [0.5, 0.6) is 0 Å². The first-order valence-corrected chi connectivity index (χ1v) is 7.42. The topological polar surface area (TPSA) is 34.1 Å². The van der Waals surface area contributed by atoms with Crippen LogP contribution in [-0.4, -0.2) is 15.7 Å². The average Bonchev–Trinajstić information content (AvgIpc) is 2.30. The lowest BCUT2D eigenvalue weighted by Crippen LogP contribution is -2.10. The van der Waals surface area contributed by atoms with Gasteiger partial charge < -0.3 is 0 Å². The average molecular weight is 252 g/mol. The first kappa shape index (κ1) is 14.1. The van der Waals surface area contributed by atoms with Gasteiger partial charge in [-0.25, -0.2) is 0 Å². The van der Waals surface area contributed by atoms with Crippen molar-refractivity contribution in [2.75, 3.05) is 5.75 Å². The van der Waals surface area contributed by atoms with Crippen molar-refractivity contribution in [1.29, 1.82) is 0 Å². The van der Waals surface area contributed by atoms with Crippen molar-refractivity contribution in [1.82, 2.24) is 0 Å². The van der Waals surface area contributed by atoms with Crippen LogP contribution in [0, 0.1) is 6.92 Å². The monoisotopic (exact) mass is 252 g/mol. The van der Waals surface area contributed by atoms with Gasteiger partial charge in [0.15, 0.2) is 0 Å². The summed E-state index contributed by atoms with van der Waals surface area (Å²) in [6.07, 6.45) is 3.66. The van der Waals surface area contributed by atoms with Crippen LogP contribution in [0.2, 0.25) is 0 Å². The highest BCUT2D eigenvalue weighted by Gasteiger charge is 2.09. The van der Waals surface area contributed by atoms with E-state index in [1.807, 2.05) is 31.2 Å². The summed E-state index contributed by atoms with van der Waals surface area (Å²) in [6.45, 7) is 4.09. The molecule has 0 heterocycles. The maximum Gasteiger partial charge on any atom is 0.145 e. The number of rotatable bonds is 7. The highest BCUT2D eigenvalue weighted by Crippen LogP contribution is 2.10. The first-order chi connectivity index (χ1) is 8.13. The van der Waals surface area contributed by atoms with E-state index >= 15 is 0 Å². The van der Waals surface area contributed by atoms with Crippen LogP contribution in [-0.2, 0) is 15.6 Å². The van der Waals surface area contributed by atoms with Gasteiger partial charge in [0.1, 0.15) is 5.78 Å². The zero-order valence-corrected chi connectivity index (χ0v) is 11.4. The molecular weight excluding hydrogens is 232 g/mol. The molecule has 0 aliphatic carbocycles. The van der Waals surface area contributed by atoms with Crippen LogP contribution >= 0.6 is 0 Å². The quantitative estimate of drug-likeness (QED) is 0.698. The Bertz CT molecular complexity index is 382. The van der Waals surface area contributed by atoms with Crippen molar-refractivity contribution < 1.29 is 9.00 Å². The zero-order chi connectivity index (χ0) is 12.7. The molecule has 0 fully saturated rings. The number of aryl methyl sites for hydroxylation is 1. The number of hydrogen-bond donors (Lipinski definition) is 0. The largest absolute Gasteiger partial charge is 0.299 e. The number of benzene rings is 1. The predicted octanol–water partition coefficient (Wildman–Crippen LogP) is 3.25. The summed E-state index contributed by atoms with van der Waals surface area (Å²) >= 11 is 0. The minimum Gasteiger partial charge on any atom is -0.299 e. The Kier molecular flexibility index (Phi) is 6.12. The highest BCUT2D eigenvalue weighted by molar-refractivity contribution is 7.85. The third-order valence-corrected chi connectivity index (χ3v) is 4.02. The molecule has 1 atom stereocenters. The number of carbonyl (C=O) groups excluding carboxylic acids is 1. The minimum absolute atomic E-state index is 0.109. The first-order valence-electron chi connectivity index (χ1n) is 6.10. The molecule has 17 heavy (non-hydrogen) atoms. The summed E-state index contributed by atoms with van der Waals surface area (Å²) < 4.78 is 11.9. The molecule has 0 saturated carbocycles. The molecule has 0 spiro atoms. The van der Waals surface area contributed by atoms with Crippen molar-refractivity contribution in [3.8, 4) is 0 Å². The smallest absolute Gasteiger partial charge is 0.145 e.